The molecule has 0 unspecified atom stereocenters. The van der Waals surface area contributed by atoms with Crippen molar-refractivity contribution in [3.05, 3.63) is 48.7 Å². The van der Waals surface area contributed by atoms with Crippen LogP contribution < -0.4 is 0 Å². The summed E-state index contributed by atoms with van der Waals surface area (Å²) in [5.74, 6) is 1.29. The molecular formula is C30H56O2WY-2. The standard InChI is InChI=1S/C11H22.C10H14.C7H14O2.C2H6.W.Y/c1-9(11(5,6)7)8-10(2,3)4;1-10(2,3)9-7-5-4-6-8-9;1-6(8)9-5-7(2,3)4;1-2;;/h5,8H2,1-4,6-7H3;4-8H,1-3H3;5H2,1-4H3;1-2H3;;/q-2;;;;;. The number of hydrogen-bond donors (Lipinski definition) is 0. The number of carbonyl (C=O) groups is 1. The van der Waals surface area contributed by atoms with E-state index in [1.54, 1.807) is 0 Å². The summed E-state index contributed by atoms with van der Waals surface area (Å²) in [6.45, 7) is 36.1. The van der Waals surface area contributed by atoms with E-state index < -0.39 is 0 Å². The summed E-state index contributed by atoms with van der Waals surface area (Å²) in [6.07, 6.45) is 1.17. The van der Waals surface area contributed by atoms with E-state index in [1.165, 1.54) is 24.8 Å². The van der Waals surface area contributed by atoms with Crippen LogP contribution >= 0.6 is 0 Å². The van der Waals surface area contributed by atoms with Crippen molar-refractivity contribution in [1.29, 1.82) is 0 Å². The fourth-order valence-electron chi connectivity index (χ4n) is 2.29. The van der Waals surface area contributed by atoms with E-state index in [9.17, 15) is 4.79 Å². The van der Waals surface area contributed by atoms with Gasteiger partial charge in [0.1, 0.15) is 0 Å². The largest absolute Gasteiger partial charge is 0.465 e. The molecule has 0 aliphatic rings. The Kier molecular flexibility index (Phi) is 26.9. The number of carbonyl (C=O) groups excluding carboxylic acids is 1. The average Bonchev–Trinajstić information content (AvgIpc) is 2.60. The molecule has 0 amide bonds. The molecule has 0 N–H and O–H groups in total. The van der Waals surface area contributed by atoms with Gasteiger partial charge in [-0.15, -0.1) is 13.8 Å². The molecule has 1 radical (unpaired) electrons. The molecule has 0 saturated heterocycles. The van der Waals surface area contributed by atoms with Crippen molar-refractivity contribution in [1.82, 2.24) is 0 Å². The van der Waals surface area contributed by atoms with Crippen LogP contribution in [0.2, 0.25) is 0 Å². The van der Waals surface area contributed by atoms with E-state index in [4.69, 9.17) is 4.74 Å². The van der Waals surface area contributed by atoms with Gasteiger partial charge in [0.25, 0.3) is 0 Å². The summed E-state index contributed by atoms with van der Waals surface area (Å²) in [7, 11) is 0. The zero-order valence-electron chi connectivity index (χ0n) is 25.3. The number of ether oxygens (including phenoxy) is 1. The Morgan fingerprint density at radius 2 is 1.24 bits per heavy atom. The first-order chi connectivity index (χ1) is 14.1. The third-order valence-corrected chi connectivity index (χ3v) is 4.30. The molecule has 1 rings (SSSR count). The Bertz CT molecular complexity index is 585. The zero-order valence-corrected chi connectivity index (χ0v) is 31.1. The van der Waals surface area contributed by atoms with Crippen LogP contribution in [0.5, 0.6) is 0 Å². The van der Waals surface area contributed by atoms with Crippen LogP contribution in [0.3, 0.4) is 0 Å². The quantitative estimate of drug-likeness (QED) is 0.230. The number of benzene rings is 1. The van der Waals surface area contributed by atoms with Gasteiger partial charge in [-0.25, -0.2) is 0 Å². The van der Waals surface area contributed by atoms with Gasteiger partial charge in [-0.05, 0) is 16.4 Å². The van der Waals surface area contributed by atoms with Crippen LogP contribution in [0.4, 0.5) is 0 Å². The minimum absolute atomic E-state index is 0. The van der Waals surface area contributed by atoms with E-state index in [0.717, 1.165) is 0 Å². The molecule has 1 aromatic carbocycles. The SMILES string of the molecule is CC.CC(=O)OCC(C)(C)C.CC(C)(C)c1ccccc1.[CH2-]C(C)(C)[C-](C)CC(C)(C)C.[W].[Y]. The first-order valence-electron chi connectivity index (χ1n) is 12.0. The molecule has 34 heavy (non-hydrogen) atoms. The predicted octanol–water partition coefficient (Wildman–Crippen LogP) is 9.48. The van der Waals surface area contributed by atoms with Crippen LogP contribution in [0.1, 0.15) is 116 Å². The molecule has 0 saturated carbocycles. The van der Waals surface area contributed by atoms with Crippen LogP contribution in [0.25, 0.3) is 0 Å². The van der Waals surface area contributed by atoms with Gasteiger partial charge in [-0.2, -0.15) is 13.3 Å². The average molecular weight is 722 g/mol. The first kappa shape index (κ1) is 44.5. The van der Waals surface area contributed by atoms with Gasteiger partial charge < -0.3 is 17.6 Å². The molecule has 0 aliphatic carbocycles. The van der Waals surface area contributed by atoms with Crippen molar-refractivity contribution in [2.75, 3.05) is 6.61 Å². The topological polar surface area (TPSA) is 26.3 Å². The Morgan fingerprint density at radius 1 is 0.853 bits per heavy atom. The van der Waals surface area contributed by atoms with Gasteiger partial charge in [0.15, 0.2) is 0 Å². The molecule has 0 heterocycles. The van der Waals surface area contributed by atoms with Gasteiger partial charge in [0.05, 0.1) is 6.61 Å². The van der Waals surface area contributed by atoms with Gasteiger partial charge in [-0.3, -0.25) is 10.2 Å². The third-order valence-electron chi connectivity index (χ3n) is 4.30. The second-order valence-electron chi connectivity index (χ2n) is 12.4. The van der Waals surface area contributed by atoms with E-state index in [2.05, 4.69) is 99.6 Å². The molecule has 4 heteroatoms. The molecule has 0 fully saturated rings. The molecule has 199 valence electrons. The maximum absolute atomic E-state index is 10.3. The van der Waals surface area contributed by atoms with Crippen LogP contribution in [-0.2, 0) is 68.7 Å². The van der Waals surface area contributed by atoms with E-state index in [-0.39, 0.29) is 70.6 Å². The summed E-state index contributed by atoms with van der Waals surface area (Å²) in [5, 5.41) is 0. The van der Waals surface area contributed by atoms with E-state index in [0.29, 0.717) is 17.4 Å². The number of rotatable bonds is 3. The predicted molar refractivity (Wildman–Crippen MR) is 145 cm³/mol. The minimum Gasteiger partial charge on any atom is -0.465 e. The second-order valence-corrected chi connectivity index (χ2v) is 12.4. The van der Waals surface area contributed by atoms with Gasteiger partial charge >= 0.3 is 5.97 Å². The van der Waals surface area contributed by atoms with Crippen molar-refractivity contribution in [2.45, 2.75) is 116 Å². The second kappa shape index (κ2) is 20.5. The summed E-state index contributed by atoms with van der Waals surface area (Å²) in [5.41, 5.74) is 2.31. The normalized spacial score (nSPS) is 11.1. The smallest absolute Gasteiger partial charge is 0.302 e. The van der Waals surface area contributed by atoms with Crippen LogP contribution in [-0.4, -0.2) is 12.6 Å². The van der Waals surface area contributed by atoms with Crippen molar-refractivity contribution >= 4 is 5.97 Å². The molecular weight excluding hydrogens is 665 g/mol. The van der Waals surface area contributed by atoms with Crippen molar-refractivity contribution in [3.63, 3.8) is 0 Å². The molecule has 0 atom stereocenters. The van der Waals surface area contributed by atoms with E-state index in [1.807, 2.05) is 34.6 Å². The Hall–Kier alpha value is 0.482. The minimum atomic E-state index is -0.204. The molecule has 0 aliphatic heterocycles. The molecule has 0 spiro atoms. The van der Waals surface area contributed by atoms with Crippen LogP contribution in [0, 0.1) is 29.1 Å². The summed E-state index contributed by atoms with van der Waals surface area (Å²) in [4.78, 5) is 10.3. The fourth-order valence-corrected chi connectivity index (χ4v) is 2.29. The maximum atomic E-state index is 10.3. The number of esters is 1. The van der Waals surface area contributed by atoms with Crippen molar-refractivity contribution in [3.8, 4) is 0 Å². The molecule has 0 bridgehead atoms. The maximum Gasteiger partial charge on any atom is 0.302 e. The first-order valence-corrected chi connectivity index (χ1v) is 12.0. The third kappa shape index (κ3) is 32.5. The number of hydrogen-bond acceptors (Lipinski definition) is 2. The molecule has 1 aromatic rings. The monoisotopic (exact) mass is 721 g/mol. The Balaban J connectivity index is -0.000000116. The van der Waals surface area contributed by atoms with Crippen LogP contribution in [0.15, 0.2) is 30.3 Å². The summed E-state index contributed by atoms with van der Waals surface area (Å²) in [6, 6.07) is 10.6. The molecule has 0 aromatic heterocycles. The Morgan fingerprint density at radius 3 is 1.38 bits per heavy atom. The summed E-state index contributed by atoms with van der Waals surface area (Å²) < 4.78 is 4.77. The van der Waals surface area contributed by atoms with Crippen molar-refractivity contribution in [2.24, 2.45) is 16.2 Å². The van der Waals surface area contributed by atoms with Gasteiger partial charge in [-0.1, -0.05) is 112 Å². The Labute approximate surface area is 254 Å². The molecule has 2 nitrogen and oxygen atoms in total. The van der Waals surface area contributed by atoms with E-state index >= 15 is 0 Å². The fraction of sp³-hybridized carbons (Fsp3) is 0.700. The zero-order chi connectivity index (χ0) is 26.4. The van der Waals surface area contributed by atoms with Gasteiger partial charge in [0, 0.05) is 60.7 Å². The summed E-state index contributed by atoms with van der Waals surface area (Å²) >= 11 is 0. The van der Waals surface area contributed by atoms with Gasteiger partial charge in [0.2, 0.25) is 0 Å². The van der Waals surface area contributed by atoms with Crippen molar-refractivity contribution < 1.29 is 63.3 Å².